The summed E-state index contributed by atoms with van der Waals surface area (Å²) in [4.78, 5) is 14.7. The first-order chi connectivity index (χ1) is 11.8. The number of anilines is 1. The lowest BCUT2D eigenvalue weighted by atomic mass is 9.79. The summed E-state index contributed by atoms with van der Waals surface area (Å²) in [6, 6.07) is 6.20. The van der Waals surface area contributed by atoms with Crippen molar-refractivity contribution >= 4 is 11.6 Å². The molecule has 2 heterocycles. The predicted molar refractivity (Wildman–Crippen MR) is 92.6 cm³/mol. The van der Waals surface area contributed by atoms with Crippen molar-refractivity contribution in [3.63, 3.8) is 0 Å². The van der Waals surface area contributed by atoms with E-state index in [4.69, 9.17) is 9.47 Å². The van der Waals surface area contributed by atoms with Crippen LogP contribution in [-0.2, 0) is 4.79 Å². The predicted octanol–water partition coefficient (Wildman–Crippen LogP) is 3.05. The Kier molecular flexibility index (Phi) is 4.60. The molecule has 2 atom stereocenters. The molecule has 1 aliphatic carbocycles. The molecule has 0 unspecified atom stereocenters. The normalized spacial score (nSPS) is 26.5. The Balaban J connectivity index is 1.32. The van der Waals surface area contributed by atoms with Gasteiger partial charge in [0, 0.05) is 24.3 Å². The molecule has 3 aliphatic rings. The minimum absolute atomic E-state index is 0.0622. The van der Waals surface area contributed by atoms with Crippen LogP contribution in [0.5, 0.6) is 11.5 Å². The number of hydrogen-bond donors (Lipinski definition) is 1. The van der Waals surface area contributed by atoms with E-state index in [1.54, 1.807) is 0 Å². The fourth-order valence-electron chi connectivity index (χ4n) is 4.22. The van der Waals surface area contributed by atoms with Gasteiger partial charge in [-0.2, -0.15) is 0 Å². The Labute approximate surface area is 143 Å². The molecule has 5 heteroatoms. The summed E-state index contributed by atoms with van der Waals surface area (Å²) in [5.74, 6) is 2.34. The van der Waals surface area contributed by atoms with Crippen molar-refractivity contribution in [2.45, 2.75) is 44.6 Å². The summed E-state index contributed by atoms with van der Waals surface area (Å²) in [5, 5.41) is 3.00. The third kappa shape index (κ3) is 3.36. The van der Waals surface area contributed by atoms with E-state index in [9.17, 15) is 4.79 Å². The van der Waals surface area contributed by atoms with Crippen LogP contribution < -0.4 is 14.8 Å². The number of carbonyl (C=O) groups excluding carboxylic acids is 1. The van der Waals surface area contributed by atoms with E-state index in [-0.39, 0.29) is 5.91 Å². The van der Waals surface area contributed by atoms with Crippen molar-refractivity contribution in [2.24, 2.45) is 5.92 Å². The van der Waals surface area contributed by atoms with Crippen LogP contribution in [0.4, 0.5) is 5.69 Å². The number of nitrogens with one attached hydrogen (secondary N) is 1. The third-order valence-electron chi connectivity index (χ3n) is 5.48. The van der Waals surface area contributed by atoms with Gasteiger partial charge in [0.15, 0.2) is 11.5 Å². The van der Waals surface area contributed by atoms with Gasteiger partial charge in [-0.1, -0.05) is 25.7 Å². The Morgan fingerprint density at radius 2 is 1.88 bits per heavy atom. The number of rotatable bonds is 3. The molecule has 2 aliphatic heterocycles. The van der Waals surface area contributed by atoms with Crippen LogP contribution in [0.15, 0.2) is 18.2 Å². The van der Waals surface area contributed by atoms with Crippen LogP contribution in [0.1, 0.15) is 38.5 Å². The molecule has 1 saturated carbocycles. The molecular formula is C19H26N2O3. The molecule has 5 nitrogen and oxygen atoms in total. The lowest BCUT2D eigenvalue weighted by molar-refractivity contribution is -0.121. The maximum Gasteiger partial charge on any atom is 0.238 e. The zero-order valence-corrected chi connectivity index (χ0v) is 14.1. The summed E-state index contributed by atoms with van der Waals surface area (Å²) in [6.07, 6.45) is 7.99. The van der Waals surface area contributed by atoms with E-state index in [0.717, 1.165) is 23.9 Å². The van der Waals surface area contributed by atoms with E-state index >= 15 is 0 Å². The van der Waals surface area contributed by atoms with Crippen molar-refractivity contribution in [1.29, 1.82) is 0 Å². The van der Waals surface area contributed by atoms with Gasteiger partial charge in [0.1, 0.15) is 13.2 Å². The maximum atomic E-state index is 12.4. The quantitative estimate of drug-likeness (QED) is 0.925. The Morgan fingerprint density at radius 1 is 1.08 bits per heavy atom. The van der Waals surface area contributed by atoms with E-state index in [0.29, 0.717) is 31.5 Å². The van der Waals surface area contributed by atoms with E-state index in [1.165, 1.54) is 38.5 Å². The zero-order valence-electron chi connectivity index (χ0n) is 14.1. The average molecular weight is 330 g/mol. The number of likely N-dealkylation sites (tertiary alicyclic amines) is 1. The summed E-state index contributed by atoms with van der Waals surface area (Å²) in [6.45, 7) is 2.71. The highest BCUT2D eigenvalue weighted by atomic mass is 16.6. The topological polar surface area (TPSA) is 50.8 Å². The van der Waals surface area contributed by atoms with E-state index in [1.807, 2.05) is 18.2 Å². The number of amides is 1. The van der Waals surface area contributed by atoms with Crippen molar-refractivity contribution in [1.82, 2.24) is 4.90 Å². The number of fused-ring (bicyclic) bond motifs is 2. The van der Waals surface area contributed by atoms with Gasteiger partial charge in [0.05, 0.1) is 6.54 Å². The van der Waals surface area contributed by atoms with Crippen LogP contribution >= 0.6 is 0 Å². The van der Waals surface area contributed by atoms with Gasteiger partial charge in [0.2, 0.25) is 5.91 Å². The molecule has 1 amide bonds. The third-order valence-corrected chi connectivity index (χ3v) is 5.48. The van der Waals surface area contributed by atoms with Gasteiger partial charge in [-0.05, 0) is 30.9 Å². The highest BCUT2D eigenvalue weighted by Crippen LogP contribution is 2.35. The lowest BCUT2D eigenvalue weighted by Crippen LogP contribution is -2.58. The fourth-order valence-corrected chi connectivity index (χ4v) is 4.22. The lowest BCUT2D eigenvalue weighted by Gasteiger charge is -2.49. The Morgan fingerprint density at radius 3 is 2.75 bits per heavy atom. The number of carbonyl (C=O) groups is 1. The molecule has 0 bridgehead atoms. The van der Waals surface area contributed by atoms with Gasteiger partial charge in [0.25, 0.3) is 0 Å². The molecule has 24 heavy (non-hydrogen) atoms. The van der Waals surface area contributed by atoms with Crippen molar-refractivity contribution in [3.8, 4) is 11.5 Å². The minimum atomic E-state index is 0.0622. The van der Waals surface area contributed by atoms with Crippen LogP contribution in [0.25, 0.3) is 0 Å². The largest absolute Gasteiger partial charge is 0.486 e. The first-order valence-corrected chi connectivity index (χ1v) is 9.23. The average Bonchev–Trinajstić information content (AvgIpc) is 2.57. The number of ether oxygens (including phenoxy) is 2. The molecule has 1 saturated heterocycles. The van der Waals surface area contributed by atoms with Gasteiger partial charge in [-0.25, -0.2) is 0 Å². The summed E-state index contributed by atoms with van der Waals surface area (Å²) in [5.41, 5.74) is 0.777. The van der Waals surface area contributed by atoms with Crippen molar-refractivity contribution in [2.75, 3.05) is 31.6 Å². The molecule has 0 spiro atoms. The Hall–Kier alpha value is -1.75. The summed E-state index contributed by atoms with van der Waals surface area (Å²) >= 11 is 0. The summed E-state index contributed by atoms with van der Waals surface area (Å²) < 4.78 is 11.1. The monoisotopic (exact) mass is 330 g/mol. The first-order valence-electron chi connectivity index (χ1n) is 9.23. The second-order valence-electron chi connectivity index (χ2n) is 7.16. The molecule has 2 fully saturated rings. The molecule has 130 valence electrons. The van der Waals surface area contributed by atoms with Gasteiger partial charge in [-0.15, -0.1) is 0 Å². The molecule has 1 aromatic carbocycles. The first kappa shape index (κ1) is 15.8. The molecule has 4 rings (SSSR count). The van der Waals surface area contributed by atoms with Crippen LogP contribution in [-0.4, -0.2) is 43.2 Å². The number of benzene rings is 1. The Bertz CT molecular complexity index is 604. The van der Waals surface area contributed by atoms with Gasteiger partial charge in [-0.3, -0.25) is 9.69 Å². The van der Waals surface area contributed by atoms with E-state index < -0.39 is 0 Å². The van der Waals surface area contributed by atoms with E-state index in [2.05, 4.69) is 10.2 Å². The highest BCUT2D eigenvalue weighted by Gasteiger charge is 2.38. The fraction of sp³-hybridized carbons (Fsp3) is 0.632. The van der Waals surface area contributed by atoms with Crippen molar-refractivity contribution in [3.05, 3.63) is 18.2 Å². The number of hydrogen-bond acceptors (Lipinski definition) is 4. The van der Waals surface area contributed by atoms with Crippen molar-refractivity contribution < 1.29 is 14.3 Å². The van der Waals surface area contributed by atoms with Crippen LogP contribution in [0, 0.1) is 5.92 Å². The smallest absolute Gasteiger partial charge is 0.238 e. The standard InChI is InChI=1S/C19H26N2O3/c22-19(13-21-12-14-5-3-1-2-4-6-16(14)21)20-15-7-8-17-18(11-15)24-10-9-23-17/h7-8,11,14,16H,1-6,9-10,12-13H2,(H,20,22)/t14-,16-/m0/s1. The SMILES string of the molecule is O=C(CN1C[C@@H]2CCCCCC[C@@H]21)Nc1ccc2c(c1)OCCO2. The molecule has 1 aromatic rings. The molecule has 1 N–H and O–H groups in total. The molecule has 0 aromatic heterocycles. The zero-order chi connectivity index (χ0) is 16.4. The van der Waals surface area contributed by atoms with Gasteiger partial charge < -0.3 is 14.8 Å². The molecular weight excluding hydrogens is 304 g/mol. The summed E-state index contributed by atoms with van der Waals surface area (Å²) in [7, 11) is 0. The second kappa shape index (κ2) is 7.01. The van der Waals surface area contributed by atoms with Gasteiger partial charge >= 0.3 is 0 Å². The highest BCUT2D eigenvalue weighted by molar-refractivity contribution is 5.92. The second-order valence-corrected chi connectivity index (χ2v) is 7.16. The molecule has 0 radical (unpaired) electrons. The maximum absolute atomic E-state index is 12.4. The van der Waals surface area contributed by atoms with Crippen LogP contribution in [0.3, 0.4) is 0 Å². The number of nitrogens with zero attached hydrogens (tertiary/aromatic N) is 1. The van der Waals surface area contributed by atoms with Crippen LogP contribution in [0.2, 0.25) is 0 Å². The minimum Gasteiger partial charge on any atom is -0.486 e.